The topological polar surface area (TPSA) is 82.3 Å². The van der Waals surface area contributed by atoms with Crippen molar-refractivity contribution in [1.29, 1.82) is 0 Å². The van der Waals surface area contributed by atoms with E-state index >= 15 is 0 Å². The number of carbonyl (C=O) groups excluding carboxylic acids is 3. The molecule has 6 nitrogen and oxygen atoms in total. The van der Waals surface area contributed by atoms with Crippen LogP contribution in [0.5, 0.6) is 0 Å². The number of fused-ring (bicyclic) bond motifs is 1. The van der Waals surface area contributed by atoms with Crippen LogP contribution in [0.2, 0.25) is 0 Å². The Morgan fingerprint density at radius 3 is 2.73 bits per heavy atom. The number of hydrogen-bond donors (Lipinski definition) is 2. The fourth-order valence-corrected chi connectivity index (χ4v) is 4.29. The van der Waals surface area contributed by atoms with E-state index in [9.17, 15) is 14.4 Å². The molecule has 1 aliphatic heterocycles. The molecular formula is C20H23N3O3. The number of nitrogens with zero attached hydrogens (tertiary/aromatic N) is 1. The summed E-state index contributed by atoms with van der Waals surface area (Å²) in [6.45, 7) is 0. The largest absolute Gasteiger partial charge is 0.361 e. The molecule has 2 aliphatic rings. The minimum Gasteiger partial charge on any atom is -0.361 e. The Labute approximate surface area is 151 Å². The number of benzene rings is 1. The Kier molecular flexibility index (Phi) is 4.49. The molecule has 4 rings (SSSR count). The molecule has 1 aromatic heterocycles. The van der Waals surface area contributed by atoms with Gasteiger partial charge >= 0.3 is 0 Å². The summed E-state index contributed by atoms with van der Waals surface area (Å²) in [5, 5.41) is 1.93. The van der Waals surface area contributed by atoms with Gasteiger partial charge in [-0.15, -0.1) is 0 Å². The number of carbonyl (C=O) groups is 3. The lowest BCUT2D eigenvalue weighted by Gasteiger charge is -2.25. The first-order valence-corrected chi connectivity index (χ1v) is 9.35. The van der Waals surface area contributed by atoms with E-state index < -0.39 is 0 Å². The van der Waals surface area contributed by atoms with Gasteiger partial charge in [-0.2, -0.15) is 5.01 Å². The lowest BCUT2D eigenvalue weighted by Crippen LogP contribution is -2.47. The van der Waals surface area contributed by atoms with Gasteiger partial charge in [0.05, 0.1) is 12.3 Å². The first-order valence-electron chi connectivity index (χ1n) is 9.35. The number of rotatable bonds is 4. The third kappa shape index (κ3) is 3.11. The van der Waals surface area contributed by atoms with Crippen molar-refractivity contribution in [1.82, 2.24) is 15.4 Å². The van der Waals surface area contributed by atoms with Crippen LogP contribution in [0.25, 0.3) is 10.9 Å². The maximum atomic E-state index is 12.6. The predicted octanol–water partition coefficient (Wildman–Crippen LogP) is 2.70. The molecule has 1 aliphatic carbocycles. The van der Waals surface area contributed by atoms with Crippen molar-refractivity contribution in [3.63, 3.8) is 0 Å². The summed E-state index contributed by atoms with van der Waals surface area (Å²) in [4.78, 5) is 40.5. The van der Waals surface area contributed by atoms with Crippen molar-refractivity contribution in [2.75, 3.05) is 0 Å². The van der Waals surface area contributed by atoms with E-state index in [0.717, 1.165) is 47.2 Å². The second-order valence-corrected chi connectivity index (χ2v) is 7.35. The molecule has 1 atom stereocenters. The predicted molar refractivity (Wildman–Crippen MR) is 96.7 cm³/mol. The highest BCUT2D eigenvalue weighted by molar-refractivity contribution is 6.05. The second kappa shape index (κ2) is 6.94. The van der Waals surface area contributed by atoms with Crippen molar-refractivity contribution in [3.8, 4) is 0 Å². The smallest absolute Gasteiger partial charge is 0.252 e. The average molecular weight is 353 g/mol. The average Bonchev–Trinajstić information content (AvgIpc) is 3.19. The van der Waals surface area contributed by atoms with Gasteiger partial charge in [0, 0.05) is 23.5 Å². The molecule has 1 saturated heterocycles. The van der Waals surface area contributed by atoms with Crippen LogP contribution in [-0.4, -0.2) is 27.7 Å². The van der Waals surface area contributed by atoms with E-state index in [1.807, 2.05) is 24.3 Å². The summed E-state index contributed by atoms with van der Waals surface area (Å²) in [6, 6.07) is 7.73. The lowest BCUT2D eigenvalue weighted by atomic mass is 9.79. The van der Waals surface area contributed by atoms with Crippen LogP contribution in [-0.2, 0) is 20.8 Å². The molecule has 2 fully saturated rings. The molecule has 6 heteroatoms. The lowest BCUT2D eigenvalue weighted by molar-refractivity contribution is -0.148. The SMILES string of the molecule is O=C(Cc1c[nH]c2ccccc12)NN1C(=O)CC(C2CCCCC2)C1=O. The zero-order valence-corrected chi connectivity index (χ0v) is 14.7. The number of imide groups is 1. The van der Waals surface area contributed by atoms with Gasteiger partial charge in [-0.25, -0.2) is 0 Å². The van der Waals surface area contributed by atoms with E-state index in [1.165, 1.54) is 6.42 Å². The number of aromatic amines is 1. The zero-order chi connectivity index (χ0) is 18.1. The minimum atomic E-state index is -0.347. The van der Waals surface area contributed by atoms with Gasteiger partial charge in [0.2, 0.25) is 11.8 Å². The highest BCUT2D eigenvalue weighted by Gasteiger charge is 2.43. The summed E-state index contributed by atoms with van der Waals surface area (Å²) < 4.78 is 0. The van der Waals surface area contributed by atoms with Crippen LogP contribution in [0.15, 0.2) is 30.5 Å². The van der Waals surface area contributed by atoms with Gasteiger partial charge in [-0.05, 0) is 30.4 Å². The summed E-state index contributed by atoms with van der Waals surface area (Å²) in [5.41, 5.74) is 4.34. The molecule has 2 N–H and O–H groups in total. The Hall–Kier alpha value is -2.63. The van der Waals surface area contributed by atoms with Crippen molar-refractivity contribution < 1.29 is 14.4 Å². The number of amides is 3. The van der Waals surface area contributed by atoms with Crippen LogP contribution in [0, 0.1) is 11.8 Å². The van der Waals surface area contributed by atoms with Crippen LogP contribution in [0.3, 0.4) is 0 Å². The van der Waals surface area contributed by atoms with Gasteiger partial charge in [-0.3, -0.25) is 19.8 Å². The second-order valence-electron chi connectivity index (χ2n) is 7.35. The normalized spacial score (nSPS) is 21.5. The molecule has 1 aromatic carbocycles. The highest BCUT2D eigenvalue weighted by atomic mass is 16.2. The summed E-state index contributed by atoms with van der Waals surface area (Å²) in [6.07, 6.45) is 7.58. The quantitative estimate of drug-likeness (QED) is 0.829. The summed E-state index contributed by atoms with van der Waals surface area (Å²) in [7, 11) is 0. The highest BCUT2D eigenvalue weighted by Crippen LogP contribution is 2.35. The van der Waals surface area contributed by atoms with E-state index in [-0.39, 0.29) is 42.4 Å². The molecule has 0 spiro atoms. The van der Waals surface area contributed by atoms with Crippen LogP contribution in [0.1, 0.15) is 44.1 Å². The van der Waals surface area contributed by atoms with E-state index in [2.05, 4.69) is 10.4 Å². The summed E-state index contributed by atoms with van der Waals surface area (Å²) >= 11 is 0. The molecule has 3 amide bonds. The number of para-hydroxylation sites is 1. The van der Waals surface area contributed by atoms with Gasteiger partial charge in [-0.1, -0.05) is 37.5 Å². The molecular weight excluding hydrogens is 330 g/mol. The van der Waals surface area contributed by atoms with Gasteiger partial charge in [0.15, 0.2) is 0 Å². The fourth-order valence-electron chi connectivity index (χ4n) is 4.29. The van der Waals surface area contributed by atoms with Crippen LogP contribution >= 0.6 is 0 Å². The molecule has 1 unspecified atom stereocenters. The van der Waals surface area contributed by atoms with Crippen LogP contribution < -0.4 is 5.43 Å². The molecule has 0 bridgehead atoms. The zero-order valence-electron chi connectivity index (χ0n) is 14.7. The monoisotopic (exact) mass is 353 g/mol. The van der Waals surface area contributed by atoms with Gasteiger partial charge in [0.25, 0.3) is 5.91 Å². The fraction of sp³-hybridized carbons (Fsp3) is 0.450. The van der Waals surface area contributed by atoms with E-state index in [4.69, 9.17) is 0 Å². The first kappa shape index (κ1) is 16.8. The Morgan fingerprint density at radius 2 is 1.92 bits per heavy atom. The standard InChI is InChI=1S/C20H23N3O3/c24-18(10-14-12-21-17-9-5-4-8-15(14)17)22-23-19(25)11-16(20(23)26)13-6-2-1-3-7-13/h4-5,8-9,12-13,16,21H,1-3,6-7,10-11H2,(H,22,24). The van der Waals surface area contributed by atoms with E-state index in [1.54, 1.807) is 6.20 Å². The van der Waals surface area contributed by atoms with Crippen molar-refractivity contribution in [2.45, 2.75) is 44.9 Å². The Balaban J connectivity index is 1.42. The number of hydrogen-bond acceptors (Lipinski definition) is 3. The van der Waals surface area contributed by atoms with Crippen LogP contribution in [0.4, 0.5) is 0 Å². The van der Waals surface area contributed by atoms with Crippen molar-refractivity contribution in [3.05, 3.63) is 36.0 Å². The van der Waals surface area contributed by atoms with Crippen molar-refractivity contribution in [2.24, 2.45) is 11.8 Å². The third-order valence-electron chi connectivity index (χ3n) is 5.66. The molecule has 2 aromatic rings. The van der Waals surface area contributed by atoms with E-state index in [0.29, 0.717) is 0 Å². The number of aromatic nitrogens is 1. The maximum absolute atomic E-state index is 12.6. The summed E-state index contributed by atoms with van der Waals surface area (Å²) in [5.74, 6) is -0.875. The Bertz CT molecular complexity index is 851. The molecule has 136 valence electrons. The Morgan fingerprint density at radius 1 is 1.15 bits per heavy atom. The minimum absolute atomic E-state index is 0.120. The molecule has 1 saturated carbocycles. The third-order valence-corrected chi connectivity index (χ3v) is 5.66. The number of hydrazine groups is 1. The van der Waals surface area contributed by atoms with Gasteiger partial charge in [0.1, 0.15) is 0 Å². The molecule has 2 heterocycles. The maximum Gasteiger partial charge on any atom is 0.252 e. The first-order chi connectivity index (χ1) is 12.6. The van der Waals surface area contributed by atoms with Crippen molar-refractivity contribution >= 4 is 28.6 Å². The van der Waals surface area contributed by atoms with Gasteiger partial charge < -0.3 is 4.98 Å². The molecule has 0 radical (unpaired) electrons. The number of H-pyrrole nitrogens is 1. The molecule has 26 heavy (non-hydrogen) atoms. The number of nitrogens with one attached hydrogen (secondary N) is 2.